The minimum Gasteiger partial charge on any atom is -0.489 e. The van der Waals surface area contributed by atoms with E-state index in [2.05, 4.69) is 0 Å². The number of Topliss-reactive ketones (excluding diaryl/α,β-unsaturated/α-hetero) is 2. The molecule has 0 aromatic carbocycles. The van der Waals surface area contributed by atoms with Gasteiger partial charge in [0.2, 0.25) is 23.1 Å². The van der Waals surface area contributed by atoms with E-state index in [1.54, 1.807) is 6.92 Å². The number of ketones is 2. The van der Waals surface area contributed by atoms with Crippen LogP contribution in [0.5, 0.6) is 0 Å². The van der Waals surface area contributed by atoms with Crippen molar-refractivity contribution in [3.8, 4) is 0 Å². The molecule has 104 valence electrons. The quantitative estimate of drug-likeness (QED) is 0.566. The number of ether oxygens (including phenoxy) is 2. The van der Waals surface area contributed by atoms with Crippen LogP contribution in [0.2, 0.25) is 0 Å². The predicted octanol–water partition coefficient (Wildman–Crippen LogP) is 2.71. The SMILES string of the molecule is COC1=C(OC)C(=O)C(CCC=C(C)C)=C(C)C1=O. The maximum absolute atomic E-state index is 12.3. The molecule has 1 rings (SSSR count). The van der Waals surface area contributed by atoms with Crippen molar-refractivity contribution < 1.29 is 19.1 Å². The van der Waals surface area contributed by atoms with E-state index in [-0.39, 0.29) is 23.1 Å². The molecule has 4 heteroatoms. The van der Waals surface area contributed by atoms with Crippen LogP contribution in [0.3, 0.4) is 0 Å². The lowest BCUT2D eigenvalue weighted by Crippen LogP contribution is -2.25. The molecule has 0 spiro atoms. The van der Waals surface area contributed by atoms with Crippen molar-refractivity contribution in [3.63, 3.8) is 0 Å². The first-order valence-electron chi connectivity index (χ1n) is 6.18. The van der Waals surface area contributed by atoms with Gasteiger partial charge in [-0.3, -0.25) is 9.59 Å². The molecule has 0 fully saturated rings. The lowest BCUT2D eigenvalue weighted by Gasteiger charge is -2.19. The van der Waals surface area contributed by atoms with E-state index in [1.165, 1.54) is 19.8 Å². The second kappa shape index (κ2) is 6.36. The average molecular weight is 264 g/mol. The predicted molar refractivity (Wildman–Crippen MR) is 72.4 cm³/mol. The minimum atomic E-state index is -0.272. The second-order valence-electron chi connectivity index (χ2n) is 4.65. The Morgan fingerprint density at radius 1 is 1.05 bits per heavy atom. The third kappa shape index (κ3) is 3.13. The van der Waals surface area contributed by atoms with Crippen LogP contribution in [-0.2, 0) is 19.1 Å². The number of hydrogen-bond donors (Lipinski definition) is 0. The maximum Gasteiger partial charge on any atom is 0.228 e. The molecular formula is C15H20O4. The third-order valence-corrected chi connectivity index (χ3v) is 3.04. The van der Waals surface area contributed by atoms with Crippen LogP contribution < -0.4 is 0 Å². The molecular weight excluding hydrogens is 244 g/mol. The van der Waals surface area contributed by atoms with Crippen LogP contribution in [0.15, 0.2) is 34.3 Å². The van der Waals surface area contributed by atoms with Gasteiger partial charge in [-0.15, -0.1) is 0 Å². The number of rotatable bonds is 5. The molecule has 0 aliphatic heterocycles. The van der Waals surface area contributed by atoms with Gasteiger partial charge in [0, 0.05) is 11.1 Å². The smallest absolute Gasteiger partial charge is 0.228 e. The Kier molecular flexibility index (Phi) is 5.10. The summed E-state index contributed by atoms with van der Waals surface area (Å²) >= 11 is 0. The highest BCUT2D eigenvalue weighted by molar-refractivity contribution is 6.23. The fraction of sp³-hybridized carbons (Fsp3) is 0.467. The molecule has 4 nitrogen and oxygen atoms in total. The van der Waals surface area contributed by atoms with Crippen molar-refractivity contribution in [2.75, 3.05) is 14.2 Å². The van der Waals surface area contributed by atoms with Crippen molar-refractivity contribution in [3.05, 3.63) is 34.3 Å². The van der Waals surface area contributed by atoms with E-state index >= 15 is 0 Å². The summed E-state index contributed by atoms with van der Waals surface area (Å²) in [7, 11) is 2.73. The van der Waals surface area contributed by atoms with Gasteiger partial charge in [0.25, 0.3) is 0 Å². The molecule has 0 radical (unpaired) electrons. The third-order valence-electron chi connectivity index (χ3n) is 3.04. The lowest BCUT2D eigenvalue weighted by molar-refractivity contribution is -0.121. The molecule has 19 heavy (non-hydrogen) atoms. The van der Waals surface area contributed by atoms with E-state index in [4.69, 9.17) is 9.47 Å². The van der Waals surface area contributed by atoms with Crippen molar-refractivity contribution in [2.24, 2.45) is 0 Å². The lowest BCUT2D eigenvalue weighted by atomic mass is 9.90. The Balaban J connectivity index is 3.06. The van der Waals surface area contributed by atoms with Crippen molar-refractivity contribution in [1.29, 1.82) is 0 Å². The van der Waals surface area contributed by atoms with Crippen molar-refractivity contribution in [2.45, 2.75) is 33.6 Å². The van der Waals surface area contributed by atoms with E-state index in [1.807, 2.05) is 19.9 Å². The van der Waals surface area contributed by atoms with E-state index in [0.717, 1.165) is 6.42 Å². The molecule has 0 aromatic heterocycles. The Bertz CT molecular complexity index is 488. The van der Waals surface area contributed by atoms with Gasteiger partial charge in [-0.25, -0.2) is 0 Å². The molecule has 0 N–H and O–H groups in total. The van der Waals surface area contributed by atoms with Gasteiger partial charge in [-0.1, -0.05) is 11.6 Å². The van der Waals surface area contributed by atoms with Gasteiger partial charge in [0.1, 0.15) is 0 Å². The molecule has 0 saturated carbocycles. The van der Waals surface area contributed by atoms with Crippen LogP contribution in [-0.4, -0.2) is 25.8 Å². The zero-order chi connectivity index (χ0) is 14.6. The Morgan fingerprint density at radius 3 is 2.05 bits per heavy atom. The van der Waals surface area contributed by atoms with Crippen molar-refractivity contribution in [1.82, 2.24) is 0 Å². The fourth-order valence-electron chi connectivity index (χ4n) is 2.00. The van der Waals surface area contributed by atoms with E-state index in [0.29, 0.717) is 17.6 Å². The summed E-state index contributed by atoms with van der Waals surface area (Å²) in [6.45, 7) is 5.65. The largest absolute Gasteiger partial charge is 0.489 e. The van der Waals surface area contributed by atoms with Crippen LogP contribution in [0.4, 0.5) is 0 Å². The summed E-state index contributed by atoms with van der Waals surface area (Å²) in [5, 5.41) is 0. The first-order valence-corrected chi connectivity index (χ1v) is 6.18. The molecule has 1 aliphatic carbocycles. The van der Waals surface area contributed by atoms with Crippen LogP contribution in [0.1, 0.15) is 33.6 Å². The maximum atomic E-state index is 12.3. The highest BCUT2D eigenvalue weighted by atomic mass is 16.5. The first kappa shape index (κ1) is 15.2. The van der Waals surface area contributed by atoms with Crippen molar-refractivity contribution >= 4 is 11.6 Å². The van der Waals surface area contributed by atoms with Gasteiger partial charge >= 0.3 is 0 Å². The van der Waals surface area contributed by atoms with Gasteiger partial charge in [0.05, 0.1) is 14.2 Å². The number of carbonyl (C=O) groups excluding carboxylic acids is 2. The Labute approximate surface area is 113 Å². The fourth-order valence-corrected chi connectivity index (χ4v) is 2.00. The average Bonchev–Trinajstić information content (AvgIpc) is 2.37. The summed E-state index contributed by atoms with van der Waals surface area (Å²) in [5.74, 6) is -0.522. The summed E-state index contributed by atoms with van der Waals surface area (Å²) in [4.78, 5) is 24.4. The summed E-state index contributed by atoms with van der Waals surface area (Å²) in [5.41, 5.74) is 2.15. The minimum absolute atomic E-state index is 0.00374. The monoisotopic (exact) mass is 264 g/mol. The molecule has 0 saturated heterocycles. The molecule has 0 bridgehead atoms. The molecule has 0 aromatic rings. The van der Waals surface area contributed by atoms with Crippen LogP contribution in [0, 0.1) is 0 Å². The van der Waals surface area contributed by atoms with Crippen LogP contribution >= 0.6 is 0 Å². The normalized spacial score (nSPS) is 15.8. The topological polar surface area (TPSA) is 52.6 Å². The molecule has 0 unspecified atom stereocenters. The van der Waals surface area contributed by atoms with E-state index in [9.17, 15) is 9.59 Å². The Hall–Kier alpha value is -1.84. The molecule has 0 amide bonds. The van der Waals surface area contributed by atoms with Gasteiger partial charge < -0.3 is 9.47 Å². The number of hydrogen-bond acceptors (Lipinski definition) is 4. The highest BCUT2D eigenvalue weighted by Crippen LogP contribution is 2.28. The van der Waals surface area contributed by atoms with Gasteiger partial charge in [-0.05, 0) is 33.6 Å². The van der Waals surface area contributed by atoms with Gasteiger partial charge in [-0.2, -0.15) is 0 Å². The second-order valence-corrected chi connectivity index (χ2v) is 4.65. The molecule has 0 atom stereocenters. The number of carbonyl (C=O) groups is 2. The summed E-state index contributed by atoms with van der Waals surface area (Å²) in [6.07, 6.45) is 3.30. The number of allylic oxidation sites excluding steroid dienone is 4. The van der Waals surface area contributed by atoms with E-state index < -0.39 is 0 Å². The highest BCUT2D eigenvalue weighted by Gasteiger charge is 2.34. The number of methoxy groups -OCH3 is 2. The van der Waals surface area contributed by atoms with Gasteiger partial charge in [0.15, 0.2) is 0 Å². The summed E-state index contributed by atoms with van der Waals surface area (Å²) in [6, 6.07) is 0. The van der Waals surface area contributed by atoms with Crippen LogP contribution in [0.25, 0.3) is 0 Å². The Morgan fingerprint density at radius 2 is 1.58 bits per heavy atom. The first-order chi connectivity index (χ1) is 8.93. The zero-order valence-corrected chi connectivity index (χ0v) is 12.1. The zero-order valence-electron chi connectivity index (χ0n) is 12.1. The molecule has 1 aliphatic rings. The summed E-state index contributed by atoms with van der Waals surface area (Å²) < 4.78 is 9.99. The standard InChI is InChI=1S/C15H20O4/c1-9(2)7-6-8-11-10(3)12(16)14(18-4)15(19-5)13(11)17/h7H,6,8H2,1-5H3. The molecule has 0 heterocycles.